The van der Waals surface area contributed by atoms with Crippen molar-refractivity contribution >= 4 is 55.8 Å². The van der Waals surface area contributed by atoms with Gasteiger partial charge in [-0.25, -0.2) is 29.9 Å². The van der Waals surface area contributed by atoms with Gasteiger partial charge < -0.3 is 41.0 Å². The lowest BCUT2D eigenvalue weighted by Gasteiger charge is -2.18. The molecule has 0 saturated carbocycles. The maximum Gasteiger partial charge on any atom is 0.151 e. The number of benzene rings is 4. The Kier molecular flexibility index (Phi) is 6.78. The highest BCUT2D eigenvalue weighted by Crippen LogP contribution is 2.34. The minimum atomic E-state index is -0.653. The maximum absolute atomic E-state index is 8.27. The van der Waals surface area contributed by atoms with E-state index in [9.17, 15) is 0 Å². The van der Waals surface area contributed by atoms with Crippen molar-refractivity contribution in [3.05, 3.63) is 132 Å². The van der Waals surface area contributed by atoms with Crippen LogP contribution in [0.3, 0.4) is 0 Å². The van der Waals surface area contributed by atoms with E-state index < -0.39 is 6.04 Å². The van der Waals surface area contributed by atoms with Crippen LogP contribution in [0.2, 0.25) is 0 Å². The van der Waals surface area contributed by atoms with Crippen molar-refractivity contribution in [2.24, 2.45) is 11.5 Å². The molecule has 0 aliphatic carbocycles. The second kappa shape index (κ2) is 11.8. The van der Waals surface area contributed by atoms with Crippen LogP contribution in [0.4, 0.5) is 0 Å². The molecule has 0 radical (unpaired) electrons. The van der Waals surface area contributed by atoms with Crippen LogP contribution in [0, 0.1) is 10.8 Å². The number of nitrogens with zero attached hydrogens (tertiary/aromatic N) is 7. The average Bonchev–Trinajstić information content (AvgIpc) is 4.03. The lowest BCUT2D eigenvalue weighted by Crippen LogP contribution is -2.19. The van der Waals surface area contributed by atoms with Crippen LogP contribution in [0.5, 0.6) is 0 Å². The summed E-state index contributed by atoms with van der Waals surface area (Å²) in [5.41, 5.74) is 20.8. The topological polar surface area (TPSA) is 261 Å². The molecule has 16 nitrogen and oxygen atoms in total. The van der Waals surface area contributed by atoms with Gasteiger partial charge in [0.15, 0.2) is 6.04 Å². The molecule has 0 saturated heterocycles. The third-order valence-electron chi connectivity index (χ3n) is 9.56. The summed E-state index contributed by atoms with van der Waals surface area (Å²) in [5, 5.41) is 16.2. The highest BCUT2D eigenvalue weighted by atomic mass is 15.2. The number of hydrogen-bond acceptors (Lipinski definition) is 8. The van der Waals surface area contributed by atoms with Crippen molar-refractivity contribution in [2.75, 3.05) is 0 Å². The molecule has 0 aliphatic rings. The van der Waals surface area contributed by atoms with Gasteiger partial charge in [0.25, 0.3) is 0 Å². The highest BCUT2D eigenvalue weighted by molar-refractivity contribution is 5.99. The molecule has 0 aliphatic heterocycles. The van der Waals surface area contributed by atoms with E-state index >= 15 is 0 Å². The average molecular weight is 711 g/mol. The fourth-order valence-corrected chi connectivity index (χ4v) is 7.02. The largest absolute Gasteiger partial charge is 0.384 e. The minimum Gasteiger partial charge on any atom is -0.384 e. The van der Waals surface area contributed by atoms with E-state index in [0.717, 1.165) is 61.4 Å². The fourth-order valence-electron chi connectivity index (χ4n) is 7.02. The van der Waals surface area contributed by atoms with Gasteiger partial charge in [-0.1, -0.05) is 0 Å². The van der Waals surface area contributed by atoms with Gasteiger partial charge in [-0.05, 0) is 72.8 Å². The van der Waals surface area contributed by atoms with Gasteiger partial charge in [0.1, 0.15) is 46.6 Å². The Morgan fingerprint density at radius 1 is 0.611 bits per heavy atom. The van der Waals surface area contributed by atoms with Gasteiger partial charge in [0, 0.05) is 47.0 Å². The summed E-state index contributed by atoms with van der Waals surface area (Å²) in [7, 11) is 0. The van der Waals surface area contributed by atoms with Gasteiger partial charge in [-0.3, -0.25) is 10.8 Å². The molecule has 4 aromatic carbocycles. The van der Waals surface area contributed by atoms with E-state index in [4.69, 9.17) is 42.2 Å². The Morgan fingerprint density at radius 2 is 1.15 bits per heavy atom. The van der Waals surface area contributed by atoms with Crippen LogP contribution in [-0.2, 0) is 6.42 Å². The molecule has 0 bridgehead atoms. The zero-order chi connectivity index (χ0) is 36.5. The molecule has 16 heteroatoms. The predicted octanol–water partition coefficient (Wildman–Crippen LogP) is 5.24. The molecule has 0 amide bonds. The van der Waals surface area contributed by atoms with E-state index in [1.54, 1.807) is 36.9 Å². The molecule has 0 unspecified atom stereocenters. The molecular formula is C38H30N16. The lowest BCUT2D eigenvalue weighted by molar-refractivity contribution is 0.604. The summed E-state index contributed by atoms with van der Waals surface area (Å²) >= 11 is 0. The number of nitrogen functional groups attached to an aromatic ring is 2. The molecule has 262 valence electrons. The van der Waals surface area contributed by atoms with Crippen LogP contribution in [0.15, 0.2) is 97.6 Å². The number of rotatable bonds is 9. The summed E-state index contributed by atoms with van der Waals surface area (Å²) in [4.78, 5) is 46.1. The predicted molar refractivity (Wildman–Crippen MR) is 205 cm³/mol. The second-order valence-electron chi connectivity index (χ2n) is 13.0. The van der Waals surface area contributed by atoms with Crippen molar-refractivity contribution in [2.45, 2.75) is 12.5 Å². The number of imidazole rings is 6. The summed E-state index contributed by atoms with van der Waals surface area (Å²) in [5.74, 6) is 3.94. The SMILES string of the molecule is N=C(N)c1ccc2nc(Cc3nc4ccc(C(=N)N)cc4n3C(c3nc4ccc(-c5ncc[nH]5)cc4[nH]3)c3nc4ccc(-c5ncc[nH]5)cc4[nH]3)[nH]c2c1. The molecule has 11 N–H and O–H groups in total. The van der Waals surface area contributed by atoms with E-state index in [2.05, 4.69) is 39.5 Å². The van der Waals surface area contributed by atoms with E-state index in [1.807, 2.05) is 60.7 Å². The van der Waals surface area contributed by atoms with Gasteiger partial charge in [0.05, 0.1) is 50.6 Å². The number of nitrogens with one attached hydrogen (secondary N) is 7. The standard InChI is InChI=1S/C38H30N16/c39-33(40)18-1-5-22-26(13-18)48-30(47-22)17-31-49-25-8-2-19(34(41)42)16-29(25)54(31)32(37-50-23-6-3-20(14-27(23)52-37)35-43-9-10-44-35)38-51-24-7-4-21(15-28(24)53-38)36-45-11-12-46-36/h1-16,32H,17H2,(H3,39,40)(H3,41,42)(H,43,44)(H,45,46)(H,47,48)(H,50,52)(H,51,53). The lowest BCUT2D eigenvalue weighted by atomic mass is 10.1. The summed E-state index contributed by atoms with van der Waals surface area (Å²) in [6, 6.07) is 22.2. The molecule has 0 fully saturated rings. The van der Waals surface area contributed by atoms with Crippen molar-refractivity contribution in [1.82, 2.24) is 59.4 Å². The number of H-pyrrole nitrogens is 5. The van der Waals surface area contributed by atoms with Crippen molar-refractivity contribution in [1.29, 1.82) is 10.8 Å². The summed E-state index contributed by atoms with van der Waals surface area (Å²) in [6.45, 7) is 0. The highest BCUT2D eigenvalue weighted by Gasteiger charge is 2.29. The molecular weight excluding hydrogens is 681 g/mol. The van der Waals surface area contributed by atoms with Gasteiger partial charge >= 0.3 is 0 Å². The maximum atomic E-state index is 8.27. The van der Waals surface area contributed by atoms with Crippen LogP contribution < -0.4 is 11.5 Å². The summed E-state index contributed by atoms with van der Waals surface area (Å²) < 4.78 is 2.08. The van der Waals surface area contributed by atoms with Crippen molar-refractivity contribution in [3.8, 4) is 22.8 Å². The number of aromatic nitrogens is 12. The zero-order valence-corrected chi connectivity index (χ0v) is 28.3. The quantitative estimate of drug-likeness (QED) is 0.0705. The second-order valence-corrected chi connectivity index (χ2v) is 13.0. The third-order valence-corrected chi connectivity index (χ3v) is 9.56. The first-order chi connectivity index (χ1) is 26.3. The van der Waals surface area contributed by atoms with Gasteiger partial charge in [0.2, 0.25) is 0 Å². The molecule has 6 aromatic heterocycles. The summed E-state index contributed by atoms with van der Waals surface area (Å²) in [6.07, 6.45) is 7.32. The van der Waals surface area contributed by atoms with Crippen molar-refractivity contribution in [3.63, 3.8) is 0 Å². The molecule has 0 atom stereocenters. The Bertz CT molecular complexity index is 2930. The van der Waals surface area contributed by atoms with Gasteiger partial charge in [-0.2, -0.15) is 0 Å². The Hall–Kier alpha value is -7.88. The first kappa shape index (κ1) is 30.9. The number of nitrogens with two attached hydrogens (primary N) is 2. The first-order valence-electron chi connectivity index (χ1n) is 17.0. The number of amidine groups is 2. The molecule has 0 spiro atoms. The van der Waals surface area contributed by atoms with Crippen LogP contribution in [0.25, 0.3) is 66.9 Å². The van der Waals surface area contributed by atoms with Crippen molar-refractivity contribution < 1.29 is 0 Å². The number of fused-ring (bicyclic) bond motifs is 4. The van der Waals surface area contributed by atoms with Crippen LogP contribution in [0.1, 0.15) is 40.5 Å². The van der Waals surface area contributed by atoms with Crippen LogP contribution in [-0.4, -0.2) is 71.1 Å². The monoisotopic (exact) mass is 710 g/mol. The smallest absolute Gasteiger partial charge is 0.151 e. The third kappa shape index (κ3) is 5.16. The molecule has 10 aromatic rings. The zero-order valence-electron chi connectivity index (χ0n) is 28.3. The fraction of sp³-hybridized carbons (Fsp3) is 0.0526. The minimum absolute atomic E-state index is 0.0248. The molecule has 6 heterocycles. The Balaban J connectivity index is 1.19. The molecule has 10 rings (SSSR count). The van der Waals surface area contributed by atoms with E-state index in [-0.39, 0.29) is 11.7 Å². The number of hydrogen-bond donors (Lipinski definition) is 9. The number of aromatic amines is 5. The Labute approximate surface area is 304 Å². The molecule has 54 heavy (non-hydrogen) atoms. The Morgan fingerprint density at radius 3 is 1.72 bits per heavy atom. The van der Waals surface area contributed by atoms with E-state index in [1.165, 1.54) is 0 Å². The van der Waals surface area contributed by atoms with Crippen LogP contribution >= 0.6 is 0 Å². The first-order valence-corrected chi connectivity index (χ1v) is 17.0. The van der Waals surface area contributed by atoms with E-state index in [0.29, 0.717) is 46.4 Å². The normalized spacial score (nSPS) is 11.9. The van der Waals surface area contributed by atoms with Gasteiger partial charge in [-0.15, -0.1) is 0 Å².